The molecular formula is C19H22LiNO3S. The van der Waals surface area contributed by atoms with Gasteiger partial charge in [-0.1, -0.05) is 42.5 Å². The molecule has 2 rings (SSSR count). The zero-order chi connectivity index (χ0) is 17.5. The van der Waals surface area contributed by atoms with Crippen molar-refractivity contribution in [2.75, 3.05) is 12.0 Å². The van der Waals surface area contributed by atoms with Crippen molar-refractivity contribution in [1.29, 1.82) is 0 Å². The molecule has 2 aromatic carbocycles. The molecule has 0 aliphatic heterocycles. The van der Waals surface area contributed by atoms with Gasteiger partial charge in [0.15, 0.2) is 0 Å². The number of aryl methyl sites for hydroxylation is 1. The van der Waals surface area contributed by atoms with E-state index in [0.717, 1.165) is 16.7 Å². The van der Waals surface area contributed by atoms with Crippen LogP contribution in [-0.2, 0) is 4.79 Å². The van der Waals surface area contributed by atoms with Gasteiger partial charge in [-0.2, -0.15) is 11.8 Å². The molecule has 128 valence electrons. The van der Waals surface area contributed by atoms with Crippen LogP contribution < -0.4 is 5.32 Å². The van der Waals surface area contributed by atoms with E-state index in [0.29, 0.717) is 17.7 Å². The molecule has 1 atom stereocenters. The fraction of sp³-hybridized carbons (Fsp3) is 0.263. The Morgan fingerprint density at radius 3 is 2.28 bits per heavy atom. The molecule has 0 saturated heterocycles. The molecule has 0 aliphatic carbocycles. The van der Waals surface area contributed by atoms with Gasteiger partial charge in [0.1, 0.15) is 6.04 Å². The number of hydrogen-bond donors (Lipinski definition) is 2. The van der Waals surface area contributed by atoms with Gasteiger partial charge in [-0.15, -0.1) is 0 Å². The van der Waals surface area contributed by atoms with Crippen molar-refractivity contribution in [2.45, 2.75) is 19.4 Å². The summed E-state index contributed by atoms with van der Waals surface area (Å²) in [7, 11) is 0. The third-order valence-electron chi connectivity index (χ3n) is 3.82. The number of hydrogen-bond acceptors (Lipinski definition) is 3. The first-order chi connectivity index (χ1) is 11.5. The molecule has 0 aliphatic rings. The Morgan fingerprint density at radius 1 is 1.08 bits per heavy atom. The molecule has 0 radical (unpaired) electrons. The second-order valence-electron chi connectivity index (χ2n) is 5.51. The van der Waals surface area contributed by atoms with E-state index in [4.69, 9.17) is 0 Å². The number of nitrogens with one attached hydrogen (secondary N) is 1. The number of amides is 1. The molecule has 0 heterocycles. The summed E-state index contributed by atoms with van der Waals surface area (Å²) in [5.74, 6) is -0.690. The zero-order valence-electron chi connectivity index (χ0n) is 13.8. The fourth-order valence-corrected chi connectivity index (χ4v) is 2.99. The Labute approximate surface area is 164 Å². The number of carboxylic acid groups (broad SMARTS) is 1. The van der Waals surface area contributed by atoms with Gasteiger partial charge >= 0.3 is 24.8 Å². The Bertz CT molecular complexity index is 736. The monoisotopic (exact) mass is 351 g/mol. The maximum atomic E-state index is 12.6. The van der Waals surface area contributed by atoms with Crippen LogP contribution in [0.4, 0.5) is 0 Å². The van der Waals surface area contributed by atoms with Crippen LogP contribution in [0.3, 0.4) is 0 Å². The second kappa shape index (κ2) is 10.3. The summed E-state index contributed by atoms with van der Waals surface area (Å²) in [4.78, 5) is 24.0. The van der Waals surface area contributed by atoms with E-state index >= 15 is 0 Å². The average molecular weight is 351 g/mol. The molecule has 0 spiro atoms. The van der Waals surface area contributed by atoms with Crippen LogP contribution in [0.5, 0.6) is 0 Å². The van der Waals surface area contributed by atoms with Gasteiger partial charge in [0, 0.05) is 5.56 Å². The van der Waals surface area contributed by atoms with Crippen molar-refractivity contribution < 1.29 is 14.7 Å². The number of rotatable bonds is 7. The molecular weight excluding hydrogens is 329 g/mol. The van der Waals surface area contributed by atoms with Crippen LogP contribution in [0, 0.1) is 6.92 Å². The number of carbonyl (C=O) groups is 2. The van der Waals surface area contributed by atoms with Crippen LogP contribution in [0.25, 0.3) is 11.1 Å². The Balaban J connectivity index is 0.00000312. The molecule has 2 N–H and O–H groups in total. The summed E-state index contributed by atoms with van der Waals surface area (Å²) >= 11 is 1.56. The normalized spacial score (nSPS) is 11.3. The van der Waals surface area contributed by atoms with Gasteiger partial charge in [0.05, 0.1) is 0 Å². The third kappa shape index (κ3) is 5.67. The van der Waals surface area contributed by atoms with E-state index in [1.807, 2.05) is 49.6 Å². The van der Waals surface area contributed by atoms with Crippen molar-refractivity contribution >= 4 is 42.5 Å². The average Bonchev–Trinajstić information content (AvgIpc) is 2.58. The van der Waals surface area contributed by atoms with Crippen LogP contribution in [0.1, 0.15) is 22.3 Å². The first-order valence-corrected chi connectivity index (χ1v) is 9.11. The quantitative estimate of drug-likeness (QED) is 0.753. The van der Waals surface area contributed by atoms with Crippen molar-refractivity contribution in [3.63, 3.8) is 0 Å². The Hall–Kier alpha value is -1.67. The predicted octanol–water partition coefficient (Wildman–Crippen LogP) is 2.95. The molecule has 0 saturated carbocycles. The topological polar surface area (TPSA) is 66.4 Å². The van der Waals surface area contributed by atoms with Gasteiger partial charge in [0.2, 0.25) is 0 Å². The number of aliphatic carboxylic acids is 1. The molecule has 1 amide bonds. The fourth-order valence-electron chi connectivity index (χ4n) is 2.52. The standard InChI is InChI=1S/C19H21NO3S.Li.H/c1-13-7-3-4-8-14(13)15-9-5-6-10-16(15)18(21)20-17(19(22)23)11-12-24-2;;/h3-10,17H,11-12H2,1-2H3,(H,20,21)(H,22,23);;/t17-;;/m0../s1. The first-order valence-electron chi connectivity index (χ1n) is 7.72. The van der Waals surface area contributed by atoms with Crippen molar-refractivity contribution in [2.24, 2.45) is 0 Å². The van der Waals surface area contributed by atoms with Crippen LogP contribution in [0.2, 0.25) is 0 Å². The van der Waals surface area contributed by atoms with E-state index in [2.05, 4.69) is 5.32 Å². The van der Waals surface area contributed by atoms with E-state index in [1.165, 1.54) is 0 Å². The summed E-state index contributed by atoms with van der Waals surface area (Å²) in [5.41, 5.74) is 3.33. The maximum absolute atomic E-state index is 12.6. The molecule has 0 fully saturated rings. The summed E-state index contributed by atoms with van der Waals surface area (Å²) in [6, 6.07) is 14.2. The Kier molecular flexibility index (Phi) is 8.85. The van der Waals surface area contributed by atoms with Crippen LogP contribution in [0.15, 0.2) is 48.5 Å². The minimum atomic E-state index is -1.01. The summed E-state index contributed by atoms with van der Waals surface area (Å²) in [5, 5.41) is 11.9. The van der Waals surface area contributed by atoms with E-state index in [-0.39, 0.29) is 24.8 Å². The summed E-state index contributed by atoms with van der Waals surface area (Å²) in [6.45, 7) is 1.99. The third-order valence-corrected chi connectivity index (χ3v) is 4.46. The SMILES string of the molecule is CSCC[C@H](NC(=O)c1ccccc1-c1ccccc1C)C(=O)O.[LiH]. The van der Waals surface area contributed by atoms with Gasteiger partial charge in [0.25, 0.3) is 5.91 Å². The second-order valence-corrected chi connectivity index (χ2v) is 6.49. The molecule has 25 heavy (non-hydrogen) atoms. The van der Waals surface area contributed by atoms with E-state index < -0.39 is 12.0 Å². The summed E-state index contributed by atoms with van der Waals surface area (Å²) < 4.78 is 0. The molecule has 0 aromatic heterocycles. The summed E-state index contributed by atoms with van der Waals surface area (Å²) in [6.07, 6.45) is 2.31. The minimum absolute atomic E-state index is 0. The predicted molar refractivity (Wildman–Crippen MR) is 106 cm³/mol. The van der Waals surface area contributed by atoms with E-state index in [9.17, 15) is 14.7 Å². The van der Waals surface area contributed by atoms with Crippen LogP contribution >= 0.6 is 11.8 Å². The van der Waals surface area contributed by atoms with Crippen LogP contribution in [-0.4, -0.2) is 53.9 Å². The molecule has 0 bridgehead atoms. The van der Waals surface area contributed by atoms with Gasteiger partial charge < -0.3 is 10.4 Å². The van der Waals surface area contributed by atoms with E-state index in [1.54, 1.807) is 23.9 Å². The van der Waals surface area contributed by atoms with Gasteiger partial charge in [-0.3, -0.25) is 4.79 Å². The Morgan fingerprint density at radius 2 is 1.68 bits per heavy atom. The van der Waals surface area contributed by atoms with Crippen molar-refractivity contribution in [3.8, 4) is 11.1 Å². The molecule has 2 aromatic rings. The van der Waals surface area contributed by atoms with Crippen molar-refractivity contribution in [3.05, 3.63) is 59.7 Å². The van der Waals surface area contributed by atoms with Crippen molar-refractivity contribution in [1.82, 2.24) is 5.32 Å². The number of carbonyl (C=O) groups excluding carboxylic acids is 1. The van der Waals surface area contributed by atoms with Gasteiger partial charge in [-0.25, -0.2) is 4.79 Å². The van der Waals surface area contributed by atoms with Gasteiger partial charge in [-0.05, 0) is 48.1 Å². The number of benzene rings is 2. The number of carboxylic acids is 1. The first kappa shape index (κ1) is 21.4. The molecule has 4 nitrogen and oxygen atoms in total. The molecule has 0 unspecified atom stereocenters. The molecule has 6 heteroatoms. The zero-order valence-corrected chi connectivity index (χ0v) is 14.6. The number of thioether (sulfide) groups is 1.